The van der Waals surface area contributed by atoms with Crippen molar-refractivity contribution in [3.63, 3.8) is 0 Å². The molecule has 1 heterocycles. The fourth-order valence-electron chi connectivity index (χ4n) is 2.14. The summed E-state index contributed by atoms with van der Waals surface area (Å²) in [5.74, 6) is 0. The number of aromatic nitrogens is 1. The number of pyridine rings is 1. The van der Waals surface area contributed by atoms with Crippen LogP contribution in [0.3, 0.4) is 0 Å². The van der Waals surface area contributed by atoms with Crippen molar-refractivity contribution >= 4 is 22.5 Å². The molecule has 2 aromatic rings. The molecular formula is C15H19ClN2O2. The predicted molar refractivity (Wildman–Crippen MR) is 82.2 cm³/mol. The molecule has 2 N–H and O–H groups in total. The molecule has 0 aliphatic heterocycles. The number of rotatable bonds is 5. The van der Waals surface area contributed by atoms with E-state index in [0.29, 0.717) is 30.1 Å². The van der Waals surface area contributed by atoms with Crippen LogP contribution in [0.25, 0.3) is 10.9 Å². The first-order chi connectivity index (χ1) is 9.49. The van der Waals surface area contributed by atoms with Crippen LogP contribution in [-0.4, -0.2) is 34.7 Å². The Morgan fingerprint density at radius 3 is 2.80 bits per heavy atom. The maximum atomic E-state index is 12.1. The molecule has 0 saturated heterocycles. The molecule has 0 spiro atoms. The molecular weight excluding hydrogens is 276 g/mol. The third-order valence-electron chi connectivity index (χ3n) is 3.31. The first kappa shape index (κ1) is 15.0. The quantitative estimate of drug-likeness (QED) is 0.890. The Morgan fingerprint density at radius 2 is 2.10 bits per heavy atom. The highest BCUT2D eigenvalue weighted by Gasteiger charge is 2.13. The van der Waals surface area contributed by atoms with E-state index in [0.717, 1.165) is 10.9 Å². The maximum absolute atomic E-state index is 12.1. The van der Waals surface area contributed by atoms with Crippen LogP contribution >= 0.6 is 11.6 Å². The van der Waals surface area contributed by atoms with Crippen molar-refractivity contribution < 1.29 is 5.11 Å². The van der Waals surface area contributed by atoms with Crippen molar-refractivity contribution in [2.24, 2.45) is 0 Å². The molecule has 0 bridgehead atoms. The van der Waals surface area contributed by atoms with Gasteiger partial charge in [-0.25, -0.2) is 0 Å². The number of aliphatic hydroxyl groups excluding tert-OH is 1. The molecule has 1 aromatic carbocycles. The average molecular weight is 295 g/mol. The Morgan fingerprint density at radius 1 is 1.40 bits per heavy atom. The van der Waals surface area contributed by atoms with Gasteiger partial charge in [0.05, 0.1) is 16.7 Å². The topological polar surface area (TPSA) is 56.3 Å². The van der Waals surface area contributed by atoms with Crippen LogP contribution in [0, 0.1) is 0 Å². The van der Waals surface area contributed by atoms with Crippen LogP contribution in [0.4, 0.5) is 0 Å². The number of para-hydroxylation sites is 1. The van der Waals surface area contributed by atoms with Crippen molar-refractivity contribution in [3.8, 4) is 0 Å². The first-order valence-electron chi connectivity index (χ1n) is 6.65. The fourth-order valence-corrected chi connectivity index (χ4v) is 2.45. The van der Waals surface area contributed by atoms with E-state index in [9.17, 15) is 9.90 Å². The molecule has 108 valence electrons. The van der Waals surface area contributed by atoms with Gasteiger partial charge in [-0.3, -0.25) is 4.79 Å². The van der Waals surface area contributed by atoms with E-state index in [1.54, 1.807) is 6.92 Å². The van der Waals surface area contributed by atoms with E-state index in [2.05, 4.69) is 4.98 Å². The third kappa shape index (κ3) is 3.39. The van der Waals surface area contributed by atoms with Gasteiger partial charge in [-0.15, -0.1) is 0 Å². The number of nitrogens with one attached hydrogen (secondary N) is 1. The van der Waals surface area contributed by atoms with Gasteiger partial charge in [-0.1, -0.05) is 29.8 Å². The molecule has 0 amide bonds. The number of aromatic amines is 1. The van der Waals surface area contributed by atoms with Gasteiger partial charge >= 0.3 is 0 Å². The number of H-pyrrole nitrogens is 1. The summed E-state index contributed by atoms with van der Waals surface area (Å²) in [6, 6.07) is 7.49. The molecule has 20 heavy (non-hydrogen) atoms. The van der Waals surface area contributed by atoms with E-state index in [1.807, 2.05) is 36.2 Å². The Kier molecular flexibility index (Phi) is 4.81. The molecule has 0 saturated carbocycles. The lowest BCUT2D eigenvalue weighted by Crippen LogP contribution is -2.26. The number of fused-ring (bicyclic) bond motifs is 1. The highest BCUT2D eigenvalue weighted by molar-refractivity contribution is 6.36. The predicted octanol–water partition coefficient (Wildman–Crippen LogP) is 2.38. The number of benzene rings is 1. The zero-order valence-electron chi connectivity index (χ0n) is 11.7. The monoisotopic (exact) mass is 294 g/mol. The van der Waals surface area contributed by atoms with Gasteiger partial charge in [0, 0.05) is 24.0 Å². The zero-order chi connectivity index (χ0) is 14.7. The standard InChI is InChI=1S/C15H19ClN2O2/c1-10(19)7-8-18(2)9-12-14(16)11-5-3-4-6-13(11)17-15(12)20/h3-6,10,19H,7-9H2,1-2H3,(H,17,20). The Balaban J connectivity index is 2.28. The number of nitrogens with zero attached hydrogens (tertiary/aromatic N) is 1. The van der Waals surface area contributed by atoms with Crippen LogP contribution < -0.4 is 5.56 Å². The number of halogens is 1. The number of aliphatic hydroxyl groups is 1. The summed E-state index contributed by atoms with van der Waals surface area (Å²) in [6.07, 6.45) is 0.322. The molecule has 5 heteroatoms. The smallest absolute Gasteiger partial charge is 0.254 e. The average Bonchev–Trinajstić information content (AvgIpc) is 2.41. The zero-order valence-corrected chi connectivity index (χ0v) is 12.4. The molecule has 1 aromatic heterocycles. The highest BCUT2D eigenvalue weighted by Crippen LogP contribution is 2.23. The van der Waals surface area contributed by atoms with Crippen molar-refractivity contribution in [3.05, 3.63) is 45.2 Å². The third-order valence-corrected chi connectivity index (χ3v) is 3.74. The van der Waals surface area contributed by atoms with Crippen molar-refractivity contribution in [1.82, 2.24) is 9.88 Å². The number of hydrogen-bond donors (Lipinski definition) is 2. The van der Waals surface area contributed by atoms with Crippen molar-refractivity contribution in [2.75, 3.05) is 13.6 Å². The molecule has 1 unspecified atom stereocenters. The molecule has 1 atom stereocenters. The second-order valence-corrected chi connectivity index (χ2v) is 5.55. The van der Waals surface area contributed by atoms with Gasteiger partial charge in [0.1, 0.15) is 0 Å². The second-order valence-electron chi connectivity index (χ2n) is 5.17. The van der Waals surface area contributed by atoms with E-state index in [-0.39, 0.29) is 11.7 Å². The van der Waals surface area contributed by atoms with Gasteiger partial charge in [-0.05, 0) is 26.5 Å². The molecule has 4 nitrogen and oxygen atoms in total. The van der Waals surface area contributed by atoms with E-state index >= 15 is 0 Å². The minimum atomic E-state index is -0.345. The lowest BCUT2D eigenvalue weighted by Gasteiger charge is -2.18. The maximum Gasteiger partial charge on any atom is 0.254 e. The van der Waals surface area contributed by atoms with Crippen LogP contribution in [0.1, 0.15) is 18.9 Å². The normalized spacial score (nSPS) is 13.1. The summed E-state index contributed by atoms with van der Waals surface area (Å²) in [7, 11) is 1.91. The SMILES string of the molecule is CC(O)CCN(C)Cc1c(Cl)c2ccccc2[nH]c1=O. The van der Waals surface area contributed by atoms with Crippen LogP contribution in [0.2, 0.25) is 5.02 Å². The summed E-state index contributed by atoms with van der Waals surface area (Å²) in [4.78, 5) is 16.9. The molecule has 2 rings (SSSR count). The summed E-state index contributed by atoms with van der Waals surface area (Å²) in [5.41, 5.74) is 1.16. The van der Waals surface area contributed by atoms with Crippen molar-refractivity contribution in [1.29, 1.82) is 0 Å². The fraction of sp³-hybridized carbons (Fsp3) is 0.400. The second kappa shape index (κ2) is 6.39. The molecule has 0 aliphatic carbocycles. The summed E-state index contributed by atoms with van der Waals surface area (Å²) in [6.45, 7) is 2.93. The molecule has 0 radical (unpaired) electrons. The Labute approximate surface area is 123 Å². The summed E-state index contributed by atoms with van der Waals surface area (Å²) >= 11 is 6.36. The summed E-state index contributed by atoms with van der Waals surface area (Å²) in [5, 5.41) is 10.7. The lowest BCUT2D eigenvalue weighted by atomic mass is 10.1. The highest BCUT2D eigenvalue weighted by atomic mass is 35.5. The minimum Gasteiger partial charge on any atom is -0.393 e. The Hall–Kier alpha value is -1.36. The van der Waals surface area contributed by atoms with Gasteiger partial charge in [0.2, 0.25) is 0 Å². The largest absolute Gasteiger partial charge is 0.393 e. The first-order valence-corrected chi connectivity index (χ1v) is 7.03. The van der Waals surface area contributed by atoms with Crippen LogP contribution in [-0.2, 0) is 6.54 Å². The molecule has 0 fully saturated rings. The summed E-state index contributed by atoms with van der Waals surface area (Å²) < 4.78 is 0. The van der Waals surface area contributed by atoms with Gasteiger partial charge in [0.25, 0.3) is 5.56 Å². The lowest BCUT2D eigenvalue weighted by molar-refractivity contribution is 0.163. The van der Waals surface area contributed by atoms with Gasteiger partial charge in [0.15, 0.2) is 0 Å². The van der Waals surface area contributed by atoms with E-state index < -0.39 is 0 Å². The Bertz CT molecular complexity index is 652. The molecule has 0 aliphatic rings. The van der Waals surface area contributed by atoms with E-state index in [4.69, 9.17) is 11.6 Å². The van der Waals surface area contributed by atoms with E-state index in [1.165, 1.54) is 0 Å². The van der Waals surface area contributed by atoms with Crippen molar-refractivity contribution in [2.45, 2.75) is 26.0 Å². The van der Waals surface area contributed by atoms with Gasteiger partial charge < -0.3 is 15.0 Å². The van der Waals surface area contributed by atoms with Gasteiger partial charge in [-0.2, -0.15) is 0 Å². The number of hydrogen-bond acceptors (Lipinski definition) is 3. The van der Waals surface area contributed by atoms with Crippen LogP contribution in [0.5, 0.6) is 0 Å². The minimum absolute atomic E-state index is 0.155. The van der Waals surface area contributed by atoms with Crippen LogP contribution in [0.15, 0.2) is 29.1 Å².